The first-order valence-electron chi connectivity index (χ1n) is 7.48. The van der Waals surface area contributed by atoms with Crippen LogP contribution in [0.15, 0.2) is 24.3 Å². The van der Waals surface area contributed by atoms with Gasteiger partial charge in [0.25, 0.3) is 0 Å². The predicted molar refractivity (Wildman–Crippen MR) is 81.4 cm³/mol. The number of carboxylic acid groups (broad SMARTS) is 1. The Kier molecular flexibility index (Phi) is 5.20. The zero-order valence-electron chi connectivity index (χ0n) is 12.3. The summed E-state index contributed by atoms with van der Waals surface area (Å²) in [4.78, 5) is 24.8. The van der Waals surface area contributed by atoms with Crippen LogP contribution in [0.25, 0.3) is 0 Å². The lowest BCUT2D eigenvalue weighted by Gasteiger charge is -2.30. The summed E-state index contributed by atoms with van der Waals surface area (Å²) < 4.78 is 0. The monoisotopic (exact) mass is 290 g/mol. The number of aliphatic carboxylic acids is 1. The largest absolute Gasteiger partial charge is 0.481 e. The number of piperidine rings is 1. The Bertz CT molecular complexity index is 499. The fourth-order valence-corrected chi connectivity index (χ4v) is 2.61. The van der Waals surface area contributed by atoms with Crippen molar-refractivity contribution >= 4 is 17.7 Å². The number of carbonyl (C=O) groups is 2. The van der Waals surface area contributed by atoms with Crippen molar-refractivity contribution in [3.05, 3.63) is 29.8 Å². The second-order valence-corrected chi connectivity index (χ2v) is 5.50. The molecule has 0 aromatic heterocycles. The average Bonchev–Trinajstić information content (AvgIpc) is 2.49. The third-order valence-electron chi connectivity index (χ3n) is 3.80. The maximum atomic E-state index is 12.2. The molecule has 0 bridgehead atoms. The molecule has 2 rings (SSSR count). The van der Waals surface area contributed by atoms with Crippen molar-refractivity contribution in [2.24, 2.45) is 5.92 Å². The molecule has 2 amide bonds. The maximum Gasteiger partial charge on any atom is 0.321 e. The highest BCUT2D eigenvalue weighted by atomic mass is 16.4. The summed E-state index contributed by atoms with van der Waals surface area (Å²) in [6.07, 6.45) is 3.50. The van der Waals surface area contributed by atoms with E-state index in [9.17, 15) is 9.59 Å². The Balaban J connectivity index is 1.92. The van der Waals surface area contributed by atoms with E-state index in [-0.39, 0.29) is 12.6 Å². The Labute approximate surface area is 125 Å². The molecule has 0 saturated carbocycles. The van der Waals surface area contributed by atoms with E-state index in [0.717, 1.165) is 24.9 Å². The lowest BCUT2D eigenvalue weighted by molar-refractivity contribution is -0.143. The topological polar surface area (TPSA) is 69.6 Å². The Morgan fingerprint density at radius 1 is 1.33 bits per heavy atom. The predicted octanol–water partition coefficient (Wildman–Crippen LogP) is 2.97. The number of benzene rings is 1. The highest BCUT2D eigenvalue weighted by molar-refractivity contribution is 5.89. The van der Waals surface area contributed by atoms with Gasteiger partial charge >= 0.3 is 12.0 Å². The van der Waals surface area contributed by atoms with Crippen LogP contribution in [-0.4, -0.2) is 35.1 Å². The number of rotatable bonds is 4. The minimum Gasteiger partial charge on any atom is -0.481 e. The van der Waals surface area contributed by atoms with Gasteiger partial charge in [-0.25, -0.2) is 4.79 Å². The molecule has 1 aromatic carbocycles. The molecule has 1 heterocycles. The lowest BCUT2D eigenvalue weighted by atomic mass is 9.99. The molecule has 1 aliphatic heterocycles. The number of likely N-dealkylation sites (tertiary alicyclic amines) is 1. The molecule has 1 aromatic rings. The van der Waals surface area contributed by atoms with Crippen molar-refractivity contribution in [3.8, 4) is 0 Å². The lowest BCUT2D eigenvalue weighted by Crippen LogP contribution is -2.44. The van der Waals surface area contributed by atoms with Crippen molar-refractivity contribution in [2.75, 3.05) is 18.4 Å². The highest BCUT2D eigenvalue weighted by Crippen LogP contribution is 2.18. The molecule has 1 fully saturated rings. The molecule has 5 nitrogen and oxygen atoms in total. The molecule has 1 unspecified atom stereocenters. The van der Waals surface area contributed by atoms with Gasteiger partial charge in [-0.05, 0) is 37.0 Å². The fraction of sp³-hybridized carbons (Fsp3) is 0.500. The molecule has 1 atom stereocenters. The van der Waals surface area contributed by atoms with Gasteiger partial charge in [0.05, 0.1) is 5.92 Å². The van der Waals surface area contributed by atoms with Crippen molar-refractivity contribution < 1.29 is 14.7 Å². The standard InChI is InChI=1S/C16H22N2O3/c1-2-4-12-6-8-14(9-7-12)17-16(21)18-10-3-5-13(11-18)15(19)20/h6-9,13H,2-5,10-11H2,1H3,(H,17,21)(H,19,20). The first-order valence-corrected chi connectivity index (χ1v) is 7.48. The number of urea groups is 1. The van der Waals surface area contributed by atoms with Gasteiger partial charge in [0.2, 0.25) is 0 Å². The number of hydrogen-bond acceptors (Lipinski definition) is 2. The summed E-state index contributed by atoms with van der Waals surface area (Å²) in [7, 11) is 0. The van der Waals surface area contributed by atoms with E-state index in [0.29, 0.717) is 13.0 Å². The Hall–Kier alpha value is -2.04. The zero-order valence-corrected chi connectivity index (χ0v) is 12.3. The number of amides is 2. The van der Waals surface area contributed by atoms with Crippen LogP contribution in [0.3, 0.4) is 0 Å². The van der Waals surface area contributed by atoms with E-state index in [2.05, 4.69) is 12.2 Å². The first kappa shape index (κ1) is 15.4. The summed E-state index contributed by atoms with van der Waals surface area (Å²) >= 11 is 0. The second-order valence-electron chi connectivity index (χ2n) is 5.50. The van der Waals surface area contributed by atoms with Crippen LogP contribution in [0.4, 0.5) is 10.5 Å². The summed E-state index contributed by atoms with van der Waals surface area (Å²) in [5.74, 6) is -1.27. The van der Waals surface area contributed by atoms with Crippen molar-refractivity contribution in [1.29, 1.82) is 0 Å². The highest BCUT2D eigenvalue weighted by Gasteiger charge is 2.28. The van der Waals surface area contributed by atoms with E-state index < -0.39 is 11.9 Å². The Morgan fingerprint density at radius 3 is 2.67 bits per heavy atom. The first-order chi connectivity index (χ1) is 10.1. The van der Waals surface area contributed by atoms with Crippen molar-refractivity contribution in [3.63, 3.8) is 0 Å². The van der Waals surface area contributed by atoms with Gasteiger partial charge in [0, 0.05) is 18.8 Å². The Morgan fingerprint density at radius 2 is 2.05 bits per heavy atom. The van der Waals surface area contributed by atoms with Crippen LogP contribution in [0, 0.1) is 5.92 Å². The minimum atomic E-state index is -0.823. The van der Waals surface area contributed by atoms with Crippen LogP contribution in [0.5, 0.6) is 0 Å². The molecular weight excluding hydrogens is 268 g/mol. The SMILES string of the molecule is CCCc1ccc(NC(=O)N2CCCC(C(=O)O)C2)cc1. The molecular formula is C16H22N2O3. The summed E-state index contributed by atoms with van der Waals surface area (Å²) in [6.45, 7) is 3.03. The zero-order chi connectivity index (χ0) is 15.2. The van der Waals surface area contributed by atoms with E-state index in [1.807, 2.05) is 24.3 Å². The third-order valence-corrected chi connectivity index (χ3v) is 3.80. The molecule has 1 aliphatic rings. The van der Waals surface area contributed by atoms with E-state index in [4.69, 9.17) is 5.11 Å². The van der Waals surface area contributed by atoms with Crippen LogP contribution < -0.4 is 5.32 Å². The number of nitrogens with one attached hydrogen (secondary N) is 1. The number of carbonyl (C=O) groups excluding carboxylic acids is 1. The van der Waals surface area contributed by atoms with Gasteiger partial charge in [-0.15, -0.1) is 0 Å². The number of aryl methyl sites for hydroxylation is 1. The normalized spacial score (nSPS) is 18.3. The number of hydrogen-bond donors (Lipinski definition) is 2. The third kappa shape index (κ3) is 4.21. The molecule has 0 spiro atoms. The maximum absolute atomic E-state index is 12.2. The smallest absolute Gasteiger partial charge is 0.321 e. The van der Waals surface area contributed by atoms with Crippen LogP contribution in [0.2, 0.25) is 0 Å². The number of anilines is 1. The van der Waals surface area contributed by atoms with E-state index in [1.54, 1.807) is 4.90 Å². The van der Waals surface area contributed by atoms with Gasteiger partial charge in [0.1, 0.15) is 0 Å². The summed E-state index contributed by atoms with van der Waals surface area (Å²) in [5, 5.41) is 11.9. The fourth-order valence-electron chi connectivity index (χ4n) is 2.61. The van der Waals surface area contributed by atoms with Gasteiger partial charge < -0.3 is 15.3 Å². The van der Waals surface area contributed by atoms with Crippen LogP contribution in [0.1, 0.15) is 31.7 Å². The number of nitrogens with zero attached hydrogens (tertiary/aromatic N) is 1. The minimum absolute atomic E-state index is 0.218. The number of carboxylic acids is 1. The second kappa shape index (κ2) is 7.11. The van der Waals surface area contributed by atoms with Crippen LogP contribution >= 0.6 is 0 Å². The van der Waals surface area contributed by atoms with Gasteiger partial charge in [-0.2, -0.15) is 0 Å². The average molecular weight is 290 g/mol. The quantitative estimate of drug-likeness (QED) is 0.895. The summed E-state index contributed by atoms with van der Waals surface area (Å²) in [5.41, 5.74) is 2.00. The molecule has 114 valence electrons. The summed E-state index contributed by atoms with van der Waals surface area (Å²) in [6, 6.07) is 7.58. The van der Waals surface area contributed by atoms with Crippen molar-refractivity contribution in [2.45, 2.75) is 32.6 Å². The van der Waals surface area contributed by atoms with Crippen molar-refractivity contribution in [1.82, 2.24) is 4.90 Å². The van der Waals surface area contributed by atoms with Gasteiger partial charge in [-0.3, -0.25) is 4.79 Å². The molecule has 5 heteroatoms. The van der Waals surface area contributed by atoms with Gasteiger partial charge in [0.15, 0.2) is 0 Å². The molecule has 1 saturated heterocycles. The molecule has 0 aliphatic carbocycles. The molecule has 21 heavy (non-hydrogen) atoms. The molecule has 0 radical (unpaired) electrons. The van der Waals surface area contributed by atoms with E-state index >= 15 is 0 Å². The molecule has 2 N–H and O–H groups in total. The van der Waals surface area contributed by atoms with Gasteiger partial charge in [-0.1, -0.05) is 25.5 Å². The van der Waals surface area contributed by atoms with E-state index in [1.165, 1.54) is 5.56 Å². The van der Waals surface area contributed by atoms with Crippen LogP contribution in [-0.2, 0) is 11.2 Å².